The van der Waals surface area contributed by atoms with Gasteiger partial charge in [0.05, 0.1) is 11.3 Å². The van der Waals surface area contributed by atoms with Crippen molar-refractivity contribution < 1.29 is 30.0 Å². The van der Waals surface area contributed by atoms with Crippen LogP contribution in [0.1, 0.15) is 51.3 Å². The van der Waals surface area contributed by atoms with Gasteiger partial charge in [-0.2, -0.15) is 0 Å². The largest absolute Gasteiger partial charge is 0.512 e. The number of carbonyl (C=O) groups is 1. The molecular formula is C29H31IrN2O2S-. The molecule has 0 aliphatic rings. The van der Waals surface area contributed by atoms with Crippen LogP contribution in [0.3, 0.4) is 0 Å². The third-order valence-electron chi connectivity index (χ3n) is 5.16. The molecule has 0 saturated heterocycles. The van der Waals surface area contributed by atoms with Gasteiger partial charge in [0.1, 0.15) is 6.33 Å². The number of nitrogens with zero attached hydrogens (tertiary/aromatic N) is 2. The summed E-state index contributed by atoms with van der Waals surface area (Å²) in [5, 5.41) is 8.36. The van der Waals surface area contributed by atoms with Crippen LogP contribution in [-0.4, -0.2) is 20.9 Å². The Hall–Kier alpha value is -2.66. The molecule has 0 bridgehead atoms. The van der Waals surface area contributed by atoms with E-state index in [2.05, 4.69) is 93.1 Å². The van der Waals surface area contributed by atoms with Crippen molar-refractivity contribution in [2.24, 2.45) is 0 Å². The summed E-state index contributed by atoms with van der Waals surface area (Å²) in [6.45, 7) is 13.8. The van der Waals surface area contributed by atoms with Crippen molar-refractivity contribution in [1.82, 2.24) is 9.97 Å². The van der Waals surface area contributed by atoms with Crippen LogP contribution in [0.4, 0.5) is 0 Å². The van der Waals surface area contributed by atoms with Crippen LogP contribution in [0.25, 0.3) is 31.9 Å². The van der Waals surface area contributed by atoms with Crippen molar-refractivity contribution in [2.45, 2.75) is 53.9 Å². The van der Waals surface area contributed by atoms with Crippen LogP contribution in [0.5, 0.6) is 0 Å². The smallest absolute Gasteiger partial charge is 0.155 e. The Morgan fingerprint density at radius 1 is 1.03 bits per heavy atom. The van der Waals surface area contributed by atoms with E-state index in [4.69, 9.17) is 5.11 Å². The van der Waals surface area contributed by atoms with Gasteiger partial charge in [-0.15, -0.1) is 46.2 Å². The molecule has 4 rings (SSSR count). The summed E-state index contributed by atoms with van der Waals surface area (Å²) in [7, 11) is 0. The number of carbonyl (C=O) groups excluding carboxylic acids is 1. The molecule has 185 valence electrons. The average Bonchev–Trinajstić information content (AvgIpc) is 3.16. The predicted octanol–water partition coefficient (Wildman–Crippen LogP) is 7.77. The molecule has 35 heavy (non-hydrogen) atoms. The van der Waals surface area contributed by atoms with Gasteiger partial charge in [0, 0.05) is 41.5 Å². The summed E-state index contributed by atoms with van der Waals surface area (Å²) in [6, 6.07) is 18.8. The molecule has 0 unspecified atom stereocenters. The normalized spacial score (nSPS) is 11.5. The van der Waals surface area contributed by atoms with Crippen molar-refractivity contribution in [3.8, 4) is 21.7 Å². The second kappa shape index (κ2) is 11.8. The standard InChI is InChI=1S/C24H23N2S.C5H8O2.Ir/c1-15-10-16(2)12-18(11-15)22-23-20(25-14-26-22)13-21(27-23)17-6-8-19(9-7-17)24(3,4)5;1-4(6)3-5(2)7;/h6-11,13-14H,1-5H3;3,6H,1-2H3;/q-1;;/b;4-3-;. The quantitative estimate of drug-likeness (QED) is 0.138. The number of aryl methyl sites for hydroxylation is 2. The molecule has 0 saturated carbocycles. The molecule has 4 nitrogen and oxygen atoms in total. The van der Waals surface area contributed by atoms with Crippen molar-refractivity contribution in [3.63, 3.8) is 0 Å². The molecule has 0 amide bonds. The zero-order valence-electron chi connectivity index (χ0n) is 21.2. The van der Waals surface area contributed by atoms with Gasteiger partial charge in [0.2, 0.25) is 0 Å². The maximum Gasteiger partial charge on any atom is 0.155 e. The van der Waals surface area contributed by atoms with Crippen LogP contribution in [0.15, 0.2) is 60.6 Å². The van der Waals surface area contributed by atoms with E-state index in [9.17, 15) is 4.79 Å². The third-order valence-corrected chi connectivity index (χ3v) is 6.34. The summed E-state index contributed by atoms with van der Waals surface area (Å²) in [4.78, 5) is 20.3. The zero-order valence-corrected chi connectivity index (χ0v) is 24.4. The van der Waals surface area contributed by atoms with E-state index in [0.717, 1.165) is 27.0 Å². The first kappa shape index (κ1) is 28.6. The first-order valence-corrected chi connectivity index (χ1v) is 12.0. The van der Waals surface area contributed by atoms with E-state index in [0.29, 0.717) is 0 Å². The van der Waals surface area contributed by atoms with Crippen LogP contribution in [0.2, 0.25) is 0 Å². The van der Waals surface area contributed by atoms with Crippen molar-refractivity contribution >= 4 is 27.3 Å². The van der Waals surface area contributed by atoms with Crippen molar-refractivity contribution in [2.75, 3.05) is 0 Å². The number of fused-ring (bicyclic) bond motifs is 1. The van der Waals surface area contributed by atoms with E-state index in [1.165, 1.54) is 41.5 Å². The summed E-state index contributed by atoms with van der Waals surface area (Å²) in [5.74, 6) is -0.0625. The summed E-state index contributed by atoms with van der Waals surface area (Å²) < 4.78 is 1.12. The number of aliphatic hydroxyl groups excluding tert-OH is 1. The van der Waals surface area contributed by atoms with Crippen LogP contribution >= 0.6 is 11.3 Å². The Morgan fingerprint density at radius 3 is 2.20 bits per heavy atom. The Balaban J connectivity index is 0.000000476. The maximum absolute atomic E-state index is 10.0. The number of hydrogen-bond donors (Lipinski definition) is 1. The molecule has 1 N–H and O–H groups in total. The molecule has 0 spiro atoms. The Kier molecular flexibility index (Phi) is 9.67. The first-order valence-electron chi connectivity index (χ1n) is 11.2. The minimum atomic E-state index is -0.125. The van der Waals surface area contributed by atoms with Gasteiger partial charge in [-0.05, 0) is 36.5 Å². The topological polar surface area (TPSA) is 63.1 Å². The number of rotatable bonds is 3. The van der Waals surface area contributed by atoms with Crippen LogP contribution < -0.4 is 0 Å². The third kappa shape index (κ3) is 7.66. The van der Waals surface area contributed by atoms with Gasteiger partial charge in [0.15, 0.2) is 5.78 Å². The molecule has 2 heterocycles. The molecule has 0 aliphatic heterocycles. The summed E-state index contributed by atoms with van der Waals surface area (Å²) in [5.41, 5.74) is 8.09. The minimum Gasteiger partial charge on any atom is -0.512 e. The average molecular weight is 664 g/mol. The Morgan fingerprint density at radius 2 is 1.69 bits per heavy atom. The molecule has 1 radical (unpaired) electrons. The first-order chi connectivity index (χ1) is 15.9. The van der Waals surface area contributed by atoms with Crippen molar-refractivity contribution in [3.05, 3.63) is 83.4 Å². The van der Waals surface area contributed by atoms with E-state index < -0.39 is 0 Å². The SMILES string of the molecule is CC(=O)/C=C(/C)O.Cc1[c-]c(-c2ncnc3cc(-c4ccc(C(C)(C)C)cc4)sc23)cc(C)c1.[Ir]. The van der Waals surface area contributed by atoms with E-state index in [1.807, 2.05) is 0 Å². The second-order valence-electron chi connectivity index (χ2n) is 9.53. The molecule has 0 fully saturated rings. The molecule has 4 aromatic rings. The monoisotopic (exact) mass is 664 g/mol. The Labute approximate surface area is 225 Å². The van der Waals surface area contributed by atoms with E-state index in [-0.39, 0.29) is 37.1 Å². The summed E-state index contributed by atoms with van der Waals surface area (Å²) in [6.07, 6.45) is 2.82. The van der Waals surface area contributed by atoms with E-state index >= 15 is 0 Å². The van der Waals surface area contributed by atoms with Crippen LogP contribution in [0, 0.1) is 19.9 Å². The molecular weight excluding hydrogens is 633 g/mol. The number of benzene rings is 2. The zero-order chi connectivity index (χ0) is 25.0. The minimum absolute atomic E-state index is 0. The van der Waals surface area contributed by atoms with Gasteiger partial charge >= 0.3 is 0 Å². The second-order valence-corrected chi connectivity index (χ2v) is 10.6. The number of thiophene rings is 1. The van der Waals surface area contributed by atoms with Gasteiger partial charge in [-0.1, -0.05) is 58.9 Å². The predicted molar refractivity (Wildman–Crippen MR) is 142 cm³/mol. The van der Waals surface area contributed by atoms with Gasteiger partial charge < -0.3 is 5.11 Å². The van der Waals surface area contributed by atoms with Gasteiger partial charge in [0.25, 0.3) is 0 Å². The summed E-state index contributed by atoms with van der Waals surface area (Å²) >= 11 is 1.75. The fourth-order valence-corrected chi connectivity index (χ4v) is 4.76. The van der Waals surface area contributed by atoms with Crippen LogP contribution in [-0.2, 0) is 30.3 Å². The number of ketones is 1. The fraction of sp³-hybridized carbons (Fsp3) is 0.276. The van der Waals surface area contributed by atoms with Gasteiger partial charge in [-0.25, -0.2) is 4.98 Å². The molecule has 6 heteroatoms. The number of aliphatic hydroxyl groups is 1. The number of hydrogen-bond acceptors (Lipinski definition) is 5. The van der Waals surface area contributed by atoms with Gasteiger partial charge in [-0.3, -0.25) is 9.78 Å². The molecule has 2 aromatic carbocycles. The Bertz CT molecular complexity index is 1330. The maximum atomic E-state index is 10.0. The molecule has 0 aliphatic carbocycles. The number of aromatic nitrogens is 2. The van der Waals surface area contributed by atoms with E-state index in [1.54, 1.807) is 17.7 Å². The molecule has 2 aromatic heterocycles. The van der Waals surface area contributed by atoms with Crippen molar-refractivity contribution in [1.29, 1.82) is 0 Å². The molecule has 0 atom stereocenters. The number of allylic oxidation sites excluding steroid dienone is 2. The fourth-order valence-electron chi connectivity index (χ4n) is 3.64.